The second-order valence-electron chi connectivity index (χ2n) is 4.50. The van der Waals surface area contributed by atoms with Crippen molar-refractivity contribution in [1.82, 2.24) is 15.3 Å². The molecule has 1 rings (SSSR count). The van der Waals surface area contributed by atoms with Gasteiger partial charge in [0, 0.05) is 6.54 Å². The average Bonchev–Trinajstić information content (AvgIpc) is 2.31. The van der Waals surface area contributed by atoms with Crippen LogP contribution >= 0.6 is 0 Å². The van der Waals surface area contributed by atoms with Gasteiger partial charge in [0.2, 0.25) is 5.91 Å². The minimum Gasteiger partial charge on any atom is -0.391 e. The van der Waals surface area contributed by atoms with E-state index in [4.69, 9.17) is 5.73 Å². The fraction of sp³-hybridized carbons (Fsp3) is 0.545. The molecule has 100 valence electrons. The van der Waals surface area contributed by atoms with Gasteiger partial charge in [-0.1, -0.05) is 13.8 Å². The lowest BCUT2D eigenvalue weighted by atomic mass is 10.2. The van der Waals surface area contributed by atoms with Gasteiger partial charge in [-0.05, 0) is 12.8 Å². The fourth-order valence-electron chi connectivity index (χ4n) is 1.25. The molecular formula is C11H19N5O2. The normalized spacial score (nSPS) is 12.2. The van der Waals surface area contributed by atoms with Crippen LogP contribution in [0.5, 0.6) is 0 Å². The molecule has 18 heavy (non-hydrogen) atoms. The van der Waals surface area contributed by atoms with Crippen LogP contribution in [0.25, 0.3) is 0 Å². The maximum atomic E-state index is 11.7. The summed E-state index contributed by atoms with van der Waals surface area (Å²) in [4.78, 5) is 29.2. The summed E-state index contributed by atoms with van der Waals surface area (Å²) < 4.78 is 0. The van der Waals surface area contributed by atoms with Crippen molar-refractivity contribution in [3.8, 4) is 0 Å². The van der Waals surface area contributed by atoms with Crippen LogP contribution in [-0.2, 0) is 4.79 Å². The first-order valence-electron chi connectivity index (χ1n) is 5.79. The molecule has 0 spiro atoms. The van der Waals surface area contributed by atoms with Gasteiger partial charge in [-0.25, -0.2) is 4.98 Å². The Morgan fingerprint density at radius 2 is 2.17 bits per heavy atom. The fourth-order valence-corrected chi connectivity index (χ4v) is 1.25. The Morgan fingerprint density at radius 3 is 2.78 bits per heavy atom. The van der Waals surface area contributed by atoms with E-state index in [2.05, 4.69) is 20.6 Å². The van der Waals surface area contributed by atoms with Gasteiger partial charge in [-0.2, -0.15) is 0 Å². The molecule has 0 aliphatic rings. The van der Waals surface area contributed by atoms with Crippen LogP contribution in [-0.4, -0.2) is 28.5 Å². The highest BCUT2D eigenvalue weighted by Gasteiger charge is 2.15. The van der Waals surface area contributed by atoms with E-state index < -0.39 is 11.6 Å². The third-order valence-corrected chi connectivity index (χ3v) is 2.32. The number of anilines is 2. The molecule has 0 aliphatic heterocycles. The van der Waals surface area contributed by atoms with E-state index >= 15 is 0 Å². The predicted octanol–water partition coefficient (Wildman–Crippen LogP) is -0.0753. The van der Waals surface area contributed by atoms with Crippen LogP contribution in [0.1, 0.15) is 20.8 Å². The quantitative estimate of drug-likeness (QED) is 0.586. The number of nitrogens with zero attached hydrogens (tertiary/aromatic N) is 1. The molecule has 7 heteroatoms. The number of nitrogens with two attached hydrogens (primary N) is 1. The van der Waals surface area contributed by atoms with Crippen LogP contribution in [0.15, 0.2) is 11.1 Å². The second kappa shape index (κ2) is 6.04. The van der Waals surface area contributed by atoms with Crippen molar-refractivity contribution in [2.75, 3.05) is 17.6 Å². The minimum atomic E-state index is -0.514. The Hall–Kier alpha value is -2.05. The van der Waals surface area contributed by atoms with Gasteiger partial charge in [0.1, 0.15) is 11.7 Å². The summed E-state index contributed by atoms with van der Waals surface area (Å²) in [7, 11) is 0. The van der Waals surface area contributed by atoms with Crippen molar-refractivity contribution < 1.29 is 4.79 Å². The first kappa shape index (κ1) is 14.0. The highest BCUT2D eigenvalue weighted by Crippen LogP contribution is 2.08. The van der Waals surface area contributed by atoms with Crippen molar-refractivity contribution in [1.29, 1.82) is 0 Å². The lowest BCUT2D eigenvalue weighted by Gasteiger charge is -2.16. The summed E-state index contributed by atoms with van der Waals surface area (Å²) in [5.41, 5.74) is 5.10. The molecule has 5 N–H and O–H groups in total. The first-order valence-corrected chi connectivity index (χ1v) is 5.79. The standard InChI is InChI=1S/C11H19N5O2/c1-6(2)4-13-10(17)7(3)16-9-8(12)11(18)15-5-14-9/h5-7H,4,12H2,1-3H3,(H,13,17)(H2,14,15,16,18). The number of rotatable bonds is 5. The van der Waals surface area contributed by atoms with Crippen LogP contribution in [0.2, 0.25) is 0 Å². The minimum absolute atomic E-state index is 0.0268. The van der Waals surface area contributed by atoms with Crippen molar-refractivity contribution >= 4 is 17.4 Å². The Labute approximate surface area is 105 Å². The number of hydrogen-bond acceptors (Lipinski definition) is 5. The lowest BCUT2D eigenvalue weighted by Crippen LogP contribution is -2.39. The summed E-state index contributed by atoms with van der Waals surface area (Å²) in [5.74, 6) is 0.431. The third kappa shape index (κ3) is 3.76. The Morgan fingerprint density at radius 1 is 1.50 bits per heavy atom. The Balaban J connectivity index is 2.64. The molecule has 1 aromatic heterocycles. The van der Waals surface area contributed by atoms with Crippen LogP contribution < -0.4 is 21.9 Å². The number of aromatic nitrogens is 2. The topological polar surface area (TPSA) is 113 Å². The molecule has 1 aromatic rings. The van der Waals surface area contributed by atoms with Crippen LogP contribution in [0, 0.1) is 5.92 Å². The van der Waals surface area contributed by atoms with Gasteiger partial charge in [-0.15, -0.1) is 0 Å². The largest absolute Gasteiger partial charge is 0.391 e. The molecule has 0 aromatic carbocycles. The molecule has 0 fully saturated rings. The number of aromatic amines is 1. The number of hydrogen-bond donors (Lipinski definition) is 4. The first-order chi connectivity index (χ1) is 8.41. The number of carbonyl (C=O) groups excluding carboxylic acids is 1. The van der Waals surface area contributed by atoms with E-state index in [9.17, 15) is 9.59 Å². The molecule has 0 aliphatic carbocycles. The van der Waals surface area contributed by atoms with Gasteiger partial charge in [0.15, 0.2) is 5.82 Å². The lowest BCUT2D eigenvalue weighted by molar-refractivity contribution is -0.121. The number of carbonyl (C=O) groups is 1. The van der Waals surface area contributed by atoms with Crippen molar-refractivity contribution in [2.45, 2.75) is 26.8 Å². The molecular weight excluding hydrogens is 234 g/mol. The number of H-pyrrole nitrogens is 1. The molecule has 0 saturated heterocycles. The Kier molecular flexibility index (Phi) is 4.70. The highest BCUT2D eigenvalue weighted by molar-refractivity contribution is 5.84. The third-order valence-electron chi connectivity index (χ3n) is 2.32. The summed E-state index contributed by atoms with van der Waals surface area (Å²) in [6.45, 7) is 6.30. The van der Waals surface area contributed by atoms with Crippen LogP contribution in [0.3, 0.4) is 0 Å². The molecule has 1 atom stereocenters. The number of nitrogens with one attached hydrogen (secondary N) is 3. The van der Waals surface area contributed by atoms with Gasteiger partial charge < -0.3 is 21.4 Å². The van der Waals surface area contributed by atoms with E-state index in [0.29, 0.717) is 12.5 Å². The van der Waals surface area contributed by atoms with E-state index in [0.717, 1.165) is 0 Å². The SMILES string of the molecule is CC(C)CNC(=O)C(C)Nc1nc[nH]c(=O)c1N. The summed E-state index contributed by atoms with van der Waals surface area (Å²) in [6, 6.07) is -0.514. The van der Waals surface area contributed by atoms with Gasteiger partial charge in [-0.3, -0.25) is 9.59 Å². The van der Waals surface area contributed by atoms with E-state index in [1.54, 1.807) is 6.92 Å². The summed E-state index contributed by atoms with van der Waals surface area (Å²) >= 11 is 0. The number of amides is 1. The molecule has 1 heterocycles. The van der Waals surface area contributed by atoms with Gasteiger partial charge >= 0.3 is 0 Å². The molecule has 0 saturated carbocycles. The van der Waals surface area contributed by atoms with Crippen molar-refractivity contribution in [3.63, 3.8) is 0 Å². The van der Waals surface area contributed by atoms with Gasteiger partial charge in [0.05, 0.1) is 6.33 Å². The van der Waals surface area contributed by atoms with Crippen molar-refractivity contribution in [2.24, 2.45) is 5.92 Å². The summed E-state index contributed by atoms with van der Waals surface area (Å²) in [5, 5.41) is 5.59. The zero-order chi connectivity index (χ0) is 13.7. The van der Waals surface area contributed by atoms with E-state index in [-0.39, 0.29) is 17.4 Å². The monoisotopic (exact) mass is 253 g/mol. The van der Waals surface area contributed by atoms with E-state index in [1.807, 2.05) is 13.8 Å². The van der Waals surface area contributed by atoms with Crippen LogP contribution in [0.4, 0.5) is 11.5 Å². The zero-order valence-electron chi connectivity index (χ0n) is 10.8. The smallest absolute Gasteiger partial charge is 0.276 e. The maximum absolute atomic E-state index is 11.7. The summed E-state index contributed by atoms with van der Waals surface area (Å²) in [6.07, 6.45) is 1.24. The van der Waals surface area contributed by atoms with Gasteiger partial charge in [0.25, 0.3) is 5.56 Å². The second-order valence-corrected chi connectivity index (χ2v) is 4.50. The highest BCUT2D eigenvalue weighted by atomic mass is 16.2. The molecule has 0 bridgehead atoms. The molecule has 1 amide bonds. The molecule has 0 radical (unpaired) electrons. The maximum Gasteiger partial charge on any atom is 0.276 e. The molecule has 7 nitrogen and oxygen atoms in total. The van der Waals surface area contributed by atoms with E-state index in [1.165, 1.54) is 6.33 Å². The predicted molar refractivity (Wildman–Crippen MR) is 70.2 cm³/mol. The Bertz CT molecular complexity index is 469. The zero-order valence-corrected chi connectivity index (χ0v) is 10.8. The molecule has 1 unspecified atom stereocenters. The number of nitrogen functional groups attached to an aromatic ring is 1. The average molecular weight is 253 g/mol. The van der Waals surface area contributed by atoms with Crippen molar-refractivity contribution in [3.05, 3.63) is 16.7 Å².